The van der Waals surface area contributed by atoms with E-state index in [0.29, 0.717) is 23.6 Å². The summed E-state index contributed by atoms with van der Waals surface area (Å²) in [6.07, 6.45) is 1.43. The number of aryl methyl sites for hydroxylation is 1. The fourth-order valence-electron chi connectivity index (χ4n) is 2.40. The minimum Gasteiger partial charge on any atom is -0.309 e. The number of rotatable bonds is 2. The van der Waals surface area contributed by atoms with Gasteiger partial charge < -0.3 is 4.90 Å². The van der Waals surface area contributed by atoms with Gasteiger partial charge in [-0.15, -0.1) is 0 Å². The zero-order valence-electron chi connectivity index (χ0n) is 10.5. The molecule has 3 heteroatoms. The molecule has 1 aliphatic heterocycles. The lowest BCUT2D eigenvalue weighted by atomic mass is 10.0. The third-order valence-corrected chi connectivity index (χ3v) is 3.46. The quantitative estimate of drug-likeness (QED) is 0.770. The fraction of sp³-hybridized carbons (Fsp3) is 0.500. The van der Waals surface area contributed by atoms with Crippen LogP contribution >= 0.6 is 0 Å². The molecule has 92 valence electrons. The van der Waals surface area contributed by atoms with Crippen LogP contribution in [0.5, 0.6) is 0 Å². The molecule has 2 nitrogen and oxygen atoms in total. The molecule has 1 amide bonds. The van der Waals surface area contributed by atoms with Gasteiger partial charge in [0.1, 0.15) is 5.82 Å². The predicted molar refractivity (Wildman–Crippen MR) is 66.5 cm³/mol. The predicted octanol–water partition coefficient (Wildman–Crippen LogP) is 3.29. The first-order chi connectivity index (χ1) is 8.00. The molecule has 0 spiro atoms. The second-order valence-electron chi connectivity index (χ2n) is 5.05. The molecular formula is C14H18FNO. The number of amides is 1. The molecule has 0 saturated carbocycles. The van der Waals surface area contributed by atoms with Gasteiger partial charge in [-0.2, -0.15) is 0 Å². The maximum Gasteiger partial charge on any atom is 0.227 e. The molecule has 2 rings (SSSR count). The van der Waals surface area contributed by atoms with E-state index in [1.807, 2.05) is 6.07 Å². The lowest BCUT2D eigenvalue weighted by molar-refractivity contribution is -0.117. The number of carbonyl (C=O) groups excluding carboxylic acids is 1. The number of halogens is 1. The number of hydrogen-bond acceptors (Lipinski definition) is 1. The maximum absolute atomic E-state index is 13.5. The molecule has 1 aromatic rings. The van der Waals surface area contributed by atoms with E-state index in [4.69, 9.17) is 0 Å². The van der Waals surface area contributed by atoms with Crippen molar-refractivity contribution in [2.75, 3.05) is 4.90 Å². The largest absolute Gasteiger partial charge is 0.309 e. The Hall–Kier alpha value is -1.38. The van der Waals surface area contributed by atoms with Crippen molar-refractivity contribution < 1.29 is 9.18 Å². The first-order valence-electron chi connectivity index (χ1n) is 6.09. The average molecular weight is 235 g/mol. The van der Waals surface area contributed by atoms with Crippen molar-refractivity contribution in [3.05, 3.63) is 29.6 Å². The van der Waals surface area contributed by atoms with Crippen molar-refractivity contribution in [3.63, 3.8) is 0 Å². The van der Waals surface area contributed by atoms with Crippen LogP contribution in [0, 0.1) is 18.7 Å². The van der Waals surface area contributed by atoms with Crippen LogP contribution in [0.4, 0.5) is 10.1 Å². The number of benzene rings is 1. The van der Waals surface area contributed by atoms with E-state index in [0.717, 1.165) is 6.42 Å². The van der Waals surface area contributed by atoms with Crippen molar-refractivity contribution in [2.24, 2.45) is 5.92 Å². The molecule has 1 aromatic carbocycles. The monoisotopic (exact) mass is 235 g/mol. The third kappa shape index (κ3) is 2.19. The van der Waals surface area contributed by atoms with Gasteiger partial charge in [0.05, 0.1) is 0 Å². The lowest BCUT2D eigenvalue weighted by Crippen LogP contribution is -2.36. The summed E-state index contributed by atoms with van der Waals surface area (Å²) in [5.41, 5.74) is 1.30. The molecule has 0 N–H and O–H groups in total. The molecule has 0 bridgehead atoms. The second-order valence-corrected chi connectivity index (χ2v) is 5.05. The van der Waals surface area contributed by atoms with Crippen molar-refractivity contribution in [2.45, 2.75) is 39.7 Å². The van der Waals surface area contributed by atoms with Crippen LogP contribution in [0.1, 0.15) is 32.3 Å². The zero-order chi connectivity index (χ0) is 12.6. The van der Waals surface area contributed by atoms with Crippen molar-refractivity contribution in [1.29, 1.82) is 0 Å². The van der Waals surface area contributed by atoms with E-state index in [1.165, 1.54) is 6.07 Å². The van der Waals surface area contributed by atoms with Gasteiger partial charge in [0.2, 0.25) is 5.91 Å². The maximum atomic E-state index is 13.5. The highest BCUT2D eigenvalue weighted by molar-refractivity contribution is 5.96. The molecule has 1 atom stereocenters. The molecule has 1 unspecified atom stereocenters. The van der Waals surface area contributed by atoms with Crippen molar-refractivity contribution in [1.82, 2.24) is 0 Å². The summed E-state index contributed by atoms with van der Waals surface area (Å²) in [5.74, 6) is 0.252. The van der Waals surface area contributed by atoms with Gasteiger partial charge in [0.15, 0.2) is 0 Å². The van der Waals surface area contributed by atoms with Crippen LogP contribution < -0.4 is 4.90 Å². The van der Waals surface area contributed by atoms with Crippen LogP contribution in [-0.2, 0) is 4.79 Å². The molecule has 1 saturated heterocycles. The van der Waals surface area contributed by atoms with Gasteiger partial charge in [-0.1, -0.05) is 19.9 Å². The first-order valence-corrected chi connectivity index (χ1v) is 6.09. The van der Waals surface area contributed by atoms with Crippen LogP contribution in [0.2, 0.25) is 0 Å². The van der Waals surface area contributed by atoms with Crippen molar-refractivity contribution >= 4 is 11.6 Å². The SMILES string of the molecule is Cc1ccc(N2C(=O)CCC2C(C)C)cc1F. The Bertz CT molecular complexity index is 442. The van der Waals surface area contributed by atoms with E-state index < -0.39 is 0 Å². The summed E-state index contributed by atoms with van der Waals surface area (Å²) < 4.78 is 13.5. The number of nitrogens with zero attached hydrogens (tertiary/aromatic N) is 1. The molecule has 17 heavy (non-hydrogen) atoms. The minimum absolute atomic E-state index is 0.104. The minimum atomic E-state index is -0.246. The fourth-order valence-corrected chi connectivity index (χ4v) is 2.40. The summed E-state index contributed by atoms with van der Waals surface area (Å²) in [7, 11) is 0. The highest BCUT2D eigenvalue weighted by Gasteiger charge is 2.34. The van der Waals surface area contributed by atoms with E-state index in [1.54, 1.807) is 17.9 Å². The van der Waals surface area contributed by atoms with Crippen LogP contribution in [0.15, 0.2) is 18.2 Å². The second kappa shape index (κ2) is 4.47. The summed E-state index contributed by atoms with van der Waals surface area (Å²) >= 11 is 0. The summed E-state index contributed by atoms with van der Waals surface area (Å²) in [6, 6.07) is 5.23. The Labute approximate surface area is 101 Å². The van der Waals surface area contributed by atoms with Gasteiger partial charge in [0.25, 0.3) is 0 Å². The molecular weight excluding hydrogens is 217 g/mol. The summed E-state index contributed by atoms with van der Waals surface area (Å²) in [4.78, 5) is 13.6. The Morgan fingerprint density at radius 1 is 1.41 bits per heavy atom. The smallest absolute Gasteiger partial charge is 0.227 e. The van der Waals surface area contributed by atoms with Gasteiger partial charge in [-0.05, 0) is 37.0 Å². The lowest BCUT2D eigenvalue weighted by Gasteiger charge is -2.28. The van der Waals surface area contributed by atoms with Gasteiger partial charge in [0, 0.05) is 18.2 Å². The topological polar surface area (TPSA) is 20.3 Å². The van der Waals surface area contributed by atoms with Crippen LogP contribution in [0.3, 0.4) is 0 Å². The standard InChI is InChI=1S/C14H18FNO/c1-9(2)13-6-7-14(17)16(13)11-5-4-10(3)12(15)8-11/h4-5,8-9,13H,6-7H2,1-3H3. The van der Waals surface area contributed by atoms with Crippen LogP contribution in [-0.4, -0.2) is 11.9 Å². The zero-order valence-corrected chi connectivity index (χ0v) is 10.5. The van der Waals surface area contributed by atoms with E-state index in [-0.39, 0.29) is 17.8 Å². The highest BCUT2D eigenvalue weighted by Crippen LogP contribution is 2.31. The Kier molecular flexibility index (Phi) is 3.18. The Morgan fingerprint density at radius 2 is 2.12 bits per heavy atom. The van der Waals surface area contributed by atoms with E-state index >= 15 is 0 Å². The highest BCUT2D eigenvalue weighted by atomic mass is 19.1. The van der Waals surface area contributed by atoms with Gasteiger partial charge in [-0.25, -0.2) is 4.39 Å². The number of carbonyl (C=O) groups is 1. The van der Waals surface area contributed by atoms with E-state index in [2.05, 4.69) is 13.8 Å². The molecule has 1 fully saturated rings. The molecule has 1 heterocycles. The number of anilines is 1. The van der Waals surface area contributed by atoms with E-state index in [9.17, 15) is 9.18 Å². The molecule has 0 radical (unpaired) electrons. The summed E-state index contributed by atoms with van der Waals surface area (Å²) in [5, 5.41) is 0. The molecule has 0 aliphatic carbocycles. The Morgan fingerprint density at radius 3 is 2.71 bits per heavy atom. The van der Waals surface area contributed by atoms with Gasteiger partial charge >= 0.3 is 0 Å². The summed E-state index contributed by atoms with van der Waals surface area (Å²) in [6.45, 7) is 5.92. The Balaban J connectivity index is 2.36. The van der Waals surface area contributed by atoms with Crippen LogP contribution in [0.25, 0.3) is 0 Å². The van der Waals surface area contributed by atoms with Crippen molar-refractivity contribution in [3.8, 4) is 0 Å². The number of hydrogen-bond donors (Lipinski definition) is 0. The normalized spacial score (nSPS) is 20.4. The first kappa shape index (κ1) is 12.1. The average Bonchev–Trinajstić information content (AvgIpc) is 2.64. The molecule has 0 aromatic heterocycles. The third-order valence-electron chi connectivity index (χ3n) is 3.46. The van der Waals surface area contributed by atoms with Gasteiger partial charge in [-0.3, -0.25) is 4.79 Å². The molecule has 1 aliphatic rings.